The van der Waals surface area contributed by atoms with Crippen LogP contribution in [0.1, 0.15) is 24.1 Å². The predicted molar refractivity (Wildman–Crippen MR) is 96.5 cm³/mol. The van der Waals surface area contributed by atoms with Gasteiger partial charge in [-0.3, -0.25) is 4.79 Å². The smallest absolute Gasteiger partial charge is 0.225 e. The molecule has 2 aromatic rings. The first kappa shape index (κ1) is 17.2. The lowest BCUT2D eigenvalue weighted by atomic mass is 9.97. The minimum Gasteiger partial charge on any atom is -0.497 e. The minimum atomic E-state index is -0.0314. The molecule has 6 heteroatoms. The van der Waals surface area contributed by atoms with Crippen LogP contribution < -0.4 is 15.0 Å². The number of aromatic nitrogens is 2. The van der Waals surface area contributed by atoms with Crippen molar-refractivity contribution in [2.24, 2.45) is 5.92 Å². The Bertz CT molecular complexity index is 718. The van der Waals surface area contributed by atoms with Gasteiger partial charge in [-0.1, -0.05) is 12.1 Å². The van der Waals surface area contributed by atoms with Crippen LogP contribution in [-0.2, 0) is 11.3 Å². The van der Waals surface area contributed by atoms with Crippen molar-refractivity contribution in [3.63, 3.8) is 0 Å². The number of piperidine rings is 1. The molecule has 0 radical (unpaired) electrons. The van der Waals surface area contributed by atoms with Crippen LogP contribution >= 0.6 is 0 Å². The molecule has 1 amide bonds. The van der Waals surface area contributed by atoms with Crippen LogP contribution in [0.4, 0.5) is 5.95 Å². The molecule has 6 nitrogen and oxygen atoms in total. The van der Waals surface area contributed by atoms with Gasteiger partial charge in [0.15, 0.2) is 0 Å². The lowest BCUT2D eigenvalue weighted by molar-refractivity contribution is -0.125. The van der Waals surface area contributed by atoms with Crippen molar-refractivity contribution in [1.82, 2.24) is 15.3 Å². The fourth-order valence-electron chi connectivity index (χ4n) is 3.04. The van der Waals surface area contributed by atoms with E-state index in [-0.39, 0.29) is 11.8 Å². The SMILES string of the molecule is COc1ccc(CNC(=O)[C@H]2CCCN(c3nccc(C)n3)C2)cc1. The summed E-state index contributed by atoms with van der Waals surface area (Å²) in [5, 5.41) is 3.04. The number of carbonyl (C=O) groups excluding carboxylic acids is 1. The normalized spacial score (nSPS) is 17.2. The zero-order valence-corrected chi connectivity index (χ0v) is 14.7. The van der Waals surface area contributed by atoms with Crippen LogP contribution in [-0.4, -0.2) is 36.1 Å². The Labute approximate surface area is 148 Å². The number of aryl methyl sites for hydroxylation is 1. The van der Waals surface area contributed by atoms with Gasteiger partial charge in [-0.05, 0) is 43.5 Å². The highest BCUT2D eigenvalue weighted by atomic mass is 16.5. The third kappa shape index (κ3) is 4.47. The fraction of sp³-hybridized carbons (Fsp3) is 0.421. The molecule has 132 valence electrons. The van der Waals surface area contributed by atoms with Gasteiger partial charge in [0.2, 0.25) is 11.9 Å². The van der Waals surface area contributed by atoms with E-state index in [9.17, 15) is 4.79 Å². The summed E-state index contributed by atoms with van der Waals surface area (Å²) in [7, 11) is 1.64. The van der Waals surface area contributed by atoms with Gasteiger partial charge in [-0.15, -0.1) is 0 Å². The molecule has 1 N–H and O–H groups in total. The second kappa shape index (κ2) is 7.96. The van der Waals surface area contributed by atoms with E-state index in [2.05, 4.69) is 20.2 Å². The van der Waals surface area contributed by atoms with Crippen molar-refractivity contribution >= 4 is 11.9 Å². The van der Waals surface area contributed by atoms with Crippen LogP contribution in [0.2, 0.25) is 0 Å². The van der Waals surface area contributed by atoms with Crippen LogP contribution in [0.5, 0.6) is 5.75 Å². The molecule has 1 aromatic carbocycles. The zero-order valence-electron chi connectivity index (χ0n) is 14.7. The van der Waals surface area contributed by atoms with Gasteiger partial charge >= 0.3 is 0 Å². The van der Waals surface area contributed by atoms with Gasteiger partial charge in [0.05, 0.1) is 13.0 Å². The Kier molecular flexibility index (Phi) is 5.48. The Morgan fingerprint density at radius 1 is 1.32 bits per heavy atom. The van der Waals surface area contributed by atoms with Gasteiger partial charge in [-0.25, -0.2) is 9.97 Å². The van der Waals surface area contributed by atoms with Crippen molar-refractivity contribution in [2.75, 3.05) is 25.1 Å². The quantitative estimate of drug-likeness (QED) is 0.905. The Hall–Kier alpha value is -2.63. The molecular formula is C19H24N4O2. The lowest BCUT2D eigenvalue weighted by Gasteiger charge is -2.32. The monoisotopic (exact) mass is 340 g/mol. The molecule has 1 fully saturated rings. The maximum absolute atomic E-state index is 12.5. The van der Waals surface area contributed by atoms with E-state index >= 15 is 0 Å². The van der Waals surface area contributed by atoms with Gasteiger partial charge in [0.1, 0.15) is 5.75 Å². The number of methoxy groups -OCH3 is 1. The second-order valence-corrected chi connectivity index (χ2v) is 6.35. The van der Waals surface area contributed by atoms with E-state index in [1.165, 1.54) is 0 Å². The van der Waals surface area contributed by atoms with Gasteiger partial charge in [0.25, 0.3) is 0 Å². The van der Waals surface area contributed by atoms with E-state index < -0.39 is 0 Å². The number of hydrogen-bond acceptors (Lipinski definition) is 5. The summed E-state index contributed by atoms with van der Waals surface area (Å²) in [6, 6.07) is 9.62. The first-order valence-corrected chi connectivity index (χ1v) is 8.61. The van der Waals surface area contributed by atoms with Crippen molar-refractivity contribution < 1.29 is 9.53 Å². The summed E-state index contributed by atoms with van der Waals surface area (Å²) in [6.07, 6.45) is 3.64. The fourth-order valence-corrected chi connectivity index (χ4v) is 3.04. The number of ether oxygens (including phenoxy) is 1. The topological polar surface area (TPSA) is 67.3 Å². The number of carbonyl (C=O) groups is 1. The molecule has 3 rings (SSSR count). The molecular weight excluding hydrogens is 316 g/mol. The Morgan fingerprint density at radius 2 is 2.12 bits per heavy atom. The largest absolute Gasteiger partial charge is 0.497 e. The van der Waals surface area contributed by atoms with Crippen molar-refractivity contribution in [3.8, 4) is 5.75 Å². The summed E-state index contributed by atoms with van der Waals surface area (Å²) in [6.45, 7) is 4.04. The number of anilines is 1. The zero-order chi connectivity index (χ0) is 17.6. The molecule has 0 bridgehead atoms. The molecule has 25 heavy (non-hydrogen) atoms. The molecule has 1 atom stereocenters. The van der Waals surface area contributed by atoms with Crippen LogP contribution in [0.3, 0.4) is 0 Å². The molecule has 0 spiro atoms. The minimum absolute atomic E-state index is 0.0314. The highest BCUT2D eigenvalue weighted by Crippen LogP contribution is 2.21. The third-order valence-corrected chi connectivity index (χ3v) is 4.48. The molecule has 1 saturated heterocycles. The number of nitrogens with one attached hydrogen (secondary N) is 1. The van der Waals surface area contributed by atoms with Crippen LogP contribution in [0.25, 0.3) is 0 Å². The summed E-state index contributed by atoms with van der Waals surface area (Å²) in [4.78, 5) is 23.5. The molecule has 2 heterocycles. The molecule has 0 saturated carbocycles. The maximum Gasteiger partial charge on any atom is 0.225 e. The summed E-state index contributed by atoms with van der Waals surface area (Å²) in [5.74, 6) is 1.59. The number of amides is 1. The standard InChI is InChI=1S/C19H24N4O2/c1-14-9-10-20-19(22-14)23-11-3-4-16(13-23)18(24)21-12-15-5-7-17(25-2)8-6-15/h5-10,16H,3-4,11-13H2,1-2H3,(H,21,24)/t16-/m0/s1. The number of hydrogen-bond donors (Lipinski definition) is 1. The van der Waals surface area contributed by atoms with E-state index in [1.54, 1.807) is 13.3 Å². The van der Waals surface area contributed by atoms with Crippen molar-refractivity contribution in [2.45, 2.75) is 26.3 Å². The molecule has 1 aliphatic rings. The van der Waals surface area contributed by atoms with Crippen molar-refractivity contribution in [3.05, 3.63) is 47.8 Å². The number of benzene rings is 1. The lowest BCUT2D eigenvalue weighted by Crippen LogP contribution is -2.43. The van der Waals surface area contributed by atoms with Gasteiger partial charge in [0, 0.05) is 31.5 Å². The molecule has 0 unspecified atom stereocenters. The first-order chi connectivity index (χ1) is 12.2. The Balaban J connectivity index is 1.56. The van der Waals surface area contributed by atoms with E-state index in [4.69, 9.17) is 4.74 Å². The average Bonchev–Trinajstić information content (AvgIpc) is 2.66. The molecule has 1 aromatic heterocycles. The Morgan fingerprint density at radius 3 is 2.84 bits per heavy atom. The van der Waals surface area contributed by atoms with E-state index in [0.717, 1.165) is 36.4 Å². The van der Waals surface area contributed by atoms with E-state index in [1.807, 2.05) is 37.3 Å². The first-order valence-electron chi connectivity index (χ1n) is 8.61. The van der Waals surface area contributed by atoms with Crippen molar-refractivity contribution in [1.29, 1.82) is 0 Å². The van der Waals surface area contributed by atoms with Crippen LogP contribution in [0, 0.1) is 12.8 Å². The summed E-state index contributed by atoms with van der Waals surface area (Å²) in [5.41, 5.74) is 2.00. The van der Waals surface area contributed by atoms with Gasteiger partial charge < -0.3 is 15.0 Å². The second-order valence-electron chi connectivity index (χ2n) is 6.35. The summed E-state index contributed by atoms with van der Waals surface area (Å²) >= 11 is 0. The summed E-state index contributed by atoms with van der Waals surface area (Å²) < 4.78 is 5.15. The maximum atomic E-state index is 12.5. The van der Waals surface area contributed by atoms with Gasteiger partial charge in [-0.2, -0.15) is 0 Å². The third-order valence-electron chi connectivity index (χ3n) is 4.48. The average molecular weight is 340 g/mol. The number of rotatable bonds is 5. The highest BCUT2D eigenvalue weighted by molar-refractivity contribution is 5.79. The van der Waals surface area contributed by atoms with E-state index in [0.29, 0.717) is 19.0 Å². The highest BCUT2D eigenvalue weighted by Gasteiger charge is 2.26. The predicted octanol–water partition coefficient (Wildman–Crippen LogP) is 2.33. The van der Waals surface area contributed by atoms with Crippen LogP contribution in [0.15, 0.2) is 36.5 Å². The molecule has 1 aliphatic heterocycles. The number of nitrogens with zero attached hydrogens (tertiary/aromatic N) is 3. The molecule has 0 aliphatic carbocycles.